The number of fused-ring (bicyclic) bond motifs is 1. The highest BCUT2D eigenvalue weighted by Gasteiger charge is 2.35. The molecule has 0 aromatic carbocycles. The zero-order chi connectivity index (χ0) is 14.8. The van der Waals surface area contributed by atoms with E-state index >= 15 is 0 Å². The Hall–Kier alpha value is -0.910. The lowest BCUT2D eigenvalue weighted by Gasteiger charge is -2.38. The van der Waals surface area contributed by atoms with E-state index in [-0.39, 0.29) is 6.10 Å². The molecule has 118 valence electrons. The first-order chi connectivity index (χ1) is 10.2. The second kappa shape index (κ2) is 6.46. The summed E-state index contributed by atoms with van der Waals surface area (Å²) in [4.78, 5) is 2.61. The molecule has 0 radical (unpaired) electrons. The highest BCUT2D eigenvalue weighted by Crippen LogP contribution is 2.24. The summed E-state index contributed by atoms with van der Waals surface area (Å²) in [5.41, 5.74) is 2.41. The SMILES string of the molecule is CCn1nc(C)cc1CC(NC)C1CN2CCCC2CO1. The van der Waals surface area contributed by atoms with E-state index in [0.717, 1.165) is 31.8 Å². The molecule has 3 atom stereocenters. The molecule has 1 N–H and O–H groups in total. The summed E-state index contributed by atoms with van der Waals surface area (Å²) in [6, 6.07) is 3.23. The number of aromatic nitrogens is 2. The average Bonchev–Trinajstić information content (AvgIpc) is 3.09. The van der Waals surface area contributed by atoms with Gasteiger partial charge in [-0.1, -0.05) is 0 Å². The zero-order valence-corrected chi connectivity index (χ0v) is 13.5. The van der Waals surface area contributed by atoms with Crippen molar-refractivity contribution in [2.24, 2.45) is 0 Å². The van der Waals surface area contributed by atoms with Gasteiger partial charge in [0.25, 0.3) is 0 Å². The fourth-order valence-corrected chi connectivity index (χ4v) is 3.77. The molecule has 0 spiro atoms. The van der Waals surface area contributed by atoms with Gasteiger partial charge in [-0.2, -0.15) is 5.10 Å². The van der Waals surface area contributed by atoms with Crippen LogP contribution in [0.1, 0.15) is 31.2 Å². The van der Waals surface area contributed by atoms with Gasteiger partial charge in [0.15, 0.2) is 0 Å². The predicted octanol–water partition coefficient (Wildman–Crippen LogP) is 1.21. The molecule has 0 aliphatic carbocycles. The van der Waals surface area contributed by atoms with E-state index in [0.29, 0.717) is 12.1 Å². The smallest absolute Gasteiger partial charge is 0.0859 e. The maximum Gasteiger partial charge on any atom is 0.0859 e. The fraction of sp³-hybridized carbons (Fsp3) is 0.812. The number of aryl methyl sites for hydroxylation is 2. The molecular weight excluding hydrogens is 264 g/mol. The highest BCUT2D eigenvalue weighted by atomic mass is 16.5. The van der Waals surface area contributed by atoms with Crippen molar-refractivity contribution >= 4 is 0 Å². The Morgan fingerprint density at radius 2 is 2.38 bits per heavy atom. The van der Waals surface area contributed by atoms with Crippen LogP contribution in [0.3, 0.4) is 0 Å². The molecule has 5 heteroatoms. The van der Waals surface area contributed by atoms with Crippen LogP contribution in [0.4, 0.5) is 0 Å². The number of hydrogen-bond acceptors (Lipinski definition) is 4. The number of hydrogen-bond donors (Lipinski definition) is 1. The van der Waals surface area contributed by atoms with Crippen molar-refractivity contribution in [3.63, 3.8) is 0 Å². The molecule has 2 saturated heterocycles. The fourth-order valence-electron chi connectivity index (χ4n) is 3.77. The third-order valence-corrected chi connectivity index (χ3v) is 4.95. The van der Waals surface area contributed by atoms with Crippen LogP contribution in [-0.2, 0) is 17.7 Å². The molecule has 0 saturated carbocycles. The summed E-state index contributed by atoms with van der Waals surface area (Å²) in [6.45, 7) is 8.35. The minimum absolute atomic E-state index is 0.282. The molecule has 0 bridgehead atoms. The molecule has 2 aliphatic rings. The van der Waals surface area contributed by atoms with Crippen LogP contribution in [0.2, 0.25) is 0 Å². The number of nitrogens with one attached hydrogen (secondary N) is 1. The third-order valence-electron chi connectivity index (χ3n) is 4.95. The average molecular weight is 292 g/mol. The Morgan fingerprint density at radius 3 is 3.14 bits per heavy atom. The van der Waals surface area contributed by atoms with E-state index < -0.39 is 0 Å². The van der Waals surface area contributed by atoms with Crippen LogP contribution < -0.4 is 5.32 Å². The zero-order valence-electron chi connectivity index (χ0n) is 13.5. The topological polar surface area (TPSA) is 42.3 Å². The van der Waals surface area contributed by atoms with E-state index in [1.165, 1.54) is 25.1 Å². The van der Waals surface area contributed by atoms with Crippen molar-refractivity contribution in [2.45, 2.75) is 57.8 Å². The van der Waals surface area contributed by atoms with Crippen LogP contribution in [0, 0.1) is 6.92 Å². The van der Waals surface area contributed by atoms with Crippen LogP contribution in [0.25, 0.3) is 0 Å². The highest BCUT2D eigenvalue weighted by molar-refractivity contribution is 5.11. The maximum absolute atomic E-state index is 6.16. The van der Waals surface area contributed by atoms with E-state index in [2.05, 4.69) is 39.9 Å². The van der Waals surface area contributed by atoms with E-state index in [9.17, 15) is 0 Å². The lowest BCUT2D eigenvalue weighted by molar-refractivity contribution is -0.0636. The molecule has 21 heavy (non-hydrogen) atoms. The van der Waals surface area contributed by atoms with Gasteiger partial charge in [0.2, 0.25) is 0 Å². The predicted molar refractivity (Wildman–Crippen MR) is 83.5 cm³/mol. The molecule has 3 rings (SSSR count). The van der Waals surface area contributed by atoms with Crippen molar-refractivity contribution in [1.29, 1.82) is 0 Å². The van der Waals surface area contributed by atoms with E-state index in [1.807, 2.05) is 7.05 Å². The van der Waals surface area contributed by atoms with Gasteiger partial charge in [0.05, 0.1) is 18.4 Å². The van der Waals surface area contributed by atoms with Gasteiger partial charge in [-0.25, -0.2) is 0 Å². The van der Waals surface area contributed by atoms with Crippen molar-refractivity contribution in [1.82, 2.24) is 20.0 Å². The van der Waals surface area contributed by atoms with Crippen LogP contribution in [0.5, 0.6) is 0 Å². The second-order valence-electron chi connectivity index (χ2n) is 6.35. The second-order valence-corrected chi connectivity index (χ2v) is 6.35. The first-order valence-electron chi connectivity index (χ1n) is 8.27. The molecule has 2 fully saturated rings. The van der Waals surface area contributed by atoms with Crippen molar-refractivity contribution in [3.8, 4) is 0 Å². The number of ether oxygens (including phenoxy) is 1. The summed E-state index contributed by atoms with van der Waals surface area (Å²) in [6.07, 6.45) is 3.89. The molecule has 0 amide bonds. The summed E-state index contributed by atoms with van der Waals surface area (Å²) in [5.74, 6) is 0. The Bertz CT molecular complexity index is 473. The Balaban J connectivity index is 1.67. The summed E-state index contributed by atoms with van der Waals surface area (Å²) in [7, 11) is 2.05. The first-order valence-corrected chi connectivity index (χ1v) is 8.27. The summed E-state index contributed by atoms with van der Waals surface area (Å²) in [5, 5.41) is 8.02. The van der Waals surface area contributed by atoms with Crippen molar-refractivity contribution in [3.05, 3.63) is 17.5 Å². The number of nitrogens with zero attached hydrogens (tertiary/aromatic N) is 3. The van der Waals surface area contributed by atoms with Crippen LogP contribution in [-0.4, -0.2) is 59.6 Å². The monoisotopic (exact) mass is 292 g/mol. The van der Waals surface area contributed by atoms with Gasteiger partial charge in [0.1, 0.15) is 0 Å². The largest absolute Gasteiger partial charge is 0.374 e. The molecule has 5 nitrogen and oxygen atoms in total. The maximum atomic E-state index is 6.16. The standard InChI is InChI=1S/C16H28N4O/c1-4-20-14(8-12(2)18-20)9-15(17-3)16-10-19-7-5-6-13(19)11-21-16/h8,13,15-17H,4-7,9-11H2,1-3H3. The molecule has 3 unspecified atom stereocenters. The number of morpholine rings is 1. The van der Waals surface area contributed by atoms with Gasteiger partial charge in [0, 0.05) is 37.3 Å². The normalized spacial score (nSPS) is 27.8. The van der Waals surface area contributed by atoms with E-state index in [4.69, 9.17) is 4.74 Å². The minimum atomic E-state index is 0.282. The lowest BCUT2D eigenvalue weighted by Crippen LogP contribution is -2.54. The molecule has 1 aromatic rings. The summed E-state index contributed by atoms with van der Waals surface area (Å²) >= 11 is 0. The lowest BCUT2D eigenvalue weighted by atomic mass is 10.0. The Kier molecular flexibility index (Phi) is 4.62. The van der Waals surface area contributed by atoms with Gasteiger partial charge >= 0.3 is 0 Å². The molecular formula is C16H28N4O. The van der Waals surface area contributed by atoms with Crippen molar-refractivity contribution in [2.75, 3.05) is 26.7 Å². The minimum Gasteiger partial charge on any atom is -0.374 e. The number of likely N-dealkylation sites (N-methyl/N-ethyl adjacent to an activating group) is 1. The summed E-state index contributed by atoms with van der Waals surface area (Å²) < 4.78 is 8.28. The Morgan fingerprint density at radius 1 is 1.52 bits per heavy atom. The van der Waals surface area contributed by atoms with Crippen LogP contribution in [0.15, 0.2) is 6.07 Å². The first kappa shape index (κ1) is 15.0. The number of rotatable bonds is 5. The molecule has 2 aliphatic heterocycles. The van der Waals surface area contributed by atoms with E-state index in [1.54, 1.807) is 0 Å². The van der Waals surface area contributed by atoms with Crippen molar-refractivity contribution < 1.29 is 4.74 Å². The van der Waals surface area contributed by atoms with Gasteiger partial charge < -0.3 is 10.1 Å². The Labute approximate surface area is 127 Å². The van der Waals surface area contributed by atoms with Gasteiger partial charge in [-0.3, -0.25) is 9.58 Å². The molecule has 3 heterocycles. The quantitative estimate of drug-likeness (QED) is 0.886. The van der Waals surface area contributed by atoms with Gasteiger partial charge in [-0.05, 0) is 46.3 Å². The van der Waals surface area contributed by atoms with Gasteiger partial charge in [-0.15, -0.1) is 0 Å². The molecule has 1 aromatic heterocycles. The third kappa shape index (κ3) is 3.15. The van der Waals surface area contributed by atoms with Crippen LogP contribution >= 0.6 is 0 Å².